The quantitative estimate of drug-likeness (QED) is 0.872. The maximum absolute atomic E-state index is 12.2. The Kier molecular flexibility index (Phi) is 2.77. The van der Waals surface area contributed by atoms with E-state index in [0.29, 0.717) is 11.0 Å². The molecule has 7 heteroatoms. The number of rotatable bonds is 3. The number of aromatic amines is 1. The Bertz CT molecular complexity index is 936. The van der Waals surface area contributed by atoms with Crippen molar-refractivity contribution in [2.45, 2.75) is 19.3 Å². The van der Waals surface area contributed by atoms with Crippen LogP contribution in [0.25, 0.3) is 15.9 Å². The Morgan fingerprint density at radius 2 is 2.57 bits per heavy atom. The van der Waals surface area contributed by atoms with E-state index in [0.717, 1.165) is 0 Å². The number of amides is 1. The molecule has 1 aliphatic heterocycles. The van der Waals surface area contributed by atoms with Gasteiger partial charge in [0.25, 0.3) is 6.54 Å². The van der Waals surface area contributed by atoms with Gasteiger partial charge >= 0.3 is 5.91 Å². The minimum Gasteiger partial charge on any atom is -0.354 e. The molecule has 0 aromatic carbocycles. The second-order valence-electron chi connectivity index (χ2n) is 5.53. The predicted octanol–water partition coefficient (Wildman–Crippen LogP) is 1.55. The zero-order valence-corrected chi connectivity index (χ0v) is 12.7. The summed E-state index contributed by atoms with van der Waals surface area (Å²) in [5.41, 5.74) is 0.328. The fourth-order valence-corrected chi connectivity index (χ4v) is 2.88. The largest absolute Gasteiger partial charge is 0.354 e. The third kappa shape index (κ3) is 2.84. The Morgan fingerprint density at radius 1 is 1.70 bits per heavy atom. The number of likely N-dealkylation sites (N-methyl/N-ethyl adjacent to an activating group) is 1. The number of nitrogens with zero attached hydrogens (tertiary/aromatic N) is 5. The molecule has 1 saturated heterocycles. The van der Waals surface area contributed by atoms with Crippen LogP contribution >= 0.6 is 0 Å². The van der Waals surface area contributed by atoms with E-state index in [4.69, 9.17) is 13.4 Å². The number of carbonyl (C=O) groups is 1. The van der Waals surface area contributed by atoms with Gasteiger partial charge in [-0.1, -0.05) is 6.85 Å². The molecule has 1 aliphatic rings. The van der Waals surface area contributed by atoms with Gasteiger partial charge in [0.15, 0.2) is 0 Å². The summed E-state index contributed by atoms with van der Waals surface area (Å²) in [5.74, 6) is -0.781. The maximum Gasteiger partial charge on any atom is 0.302 e. The maximum atomic E-state index is 12.2. The van der Waals surface area contributed by atoms with Crippen molar-refractivity contribution in [2.75, 3.05) is 31.6 Å². The Balaban J connectivity index is 2.02. The lowest BCUT2D eigenvalue weighted by atomic mass is 9.92. The molecular formula is C16H20N6O. The van der Waals surface area contributed by atoms with Crippen molar-refractivity contribution in [2.24, 2.45) is 5.92 Å². The van der Waals surface area contributed by atoms with Gasteiger partial charge in [0.05, 0.1) is 12.8 Å². The summed E-state index contributed by atoms with van der Waals surface area (Å²) < 4.78 is 39.7. The standard InChI is InChI=1S/C16H20N6O/c1-11-5-7-22(14(23)8-17-2)9-13(11)21(3)16-12-4-6-18-15(12)19-10-20-16/h4,6,10-11,13H,5,7-9H2,1,3H3,(H,18,19,20)/t11-,13+/m1/s1/i1D3,4D,10D. The molecular weight excluding hydrogens is 292 g/mol. The lowest BCUT2D eigenvalue weighted by molar-refractivity contribution is -0.130. The first-order valence-electron chi connectivity index (χ1n) is 9.79. The highest BCUT2D eigenvalue weighted by molar-refractivity contribution is 5.87. The van der Waals surface area contributed by atoms with Crippen LogP contribution in [0.4, 0.5) is 5.82 Å². The molecule has 0 aliphatic carbocycles. The number of piperidine rings is 1. The van der Waals surface area contributed by atoms with Gasteiger partial charge < -0.3 is 19.6 Å². The molecule has 0 bridgehead atoms. The van der Waals surface area contributed by atoms with Crippen molar-refractivity contribution in [3.05, 3.63) is 30.0 Å². The molecule has 2 atom stereocenters. The van der Waals surface area contributed by atoms with Crippen LogP contribution in [-0.2, 0) is 4.79 Å². The Hall–Kier alpha value is -2.62. The number of H-pyrrole nitrogens is 1. The summed E-state index contributed by atoms with van der Waals surface area (Å²) in [5, 5.41) is 0.396. The van der Waals surface area contributed by atoms with Crippen LogP contribution in [0.15, 0.2) is 18.5 Å². The molecule has 0 unspecified atom stereocenters. The molecule has 23 heavy (non-hydrogen) atoms. The fraction of sp³-hybridized carbons (Fsp3) is 0.500. The molecule has 1 fully saturated rings. The summed E-state index contributed by atoms with van der Waals surface area (Å²) in [4.78, 5) is 29.4. The van der Waals surface area contributed by atoms with Gasteiger partial charge in [-0.05, 0) is 18.4 Å². The van der Waals surface area contributed by atoms with E-state index >= 15 is 0 Å². The van der Waals surface area contributed by atoms with Crippen LogP contribution in [0.2, 0.25) is 0 Å². The van der Waals surface area contributed by atoms with Gasteiger partial charge in [-0.2, -0.15) is 0 Å². The molecule has 0 radical (unpaired) electrons. The average molecular weight is 317 g/mol. The minimum absolute atomic E-state index is 0.129. The Labute approximate surface area is 142 Å². The second kappa shape index (κ2) is 6.24. The van der Waals surface area contributed by atoms with Crippen molar-refractivity contribution < 1.29 is 11.6 Å². The van der Waals surface area contributed by atoms with Crippen molar-refractivity contribution in [3.8, 4) is 0 Å². The van der Waals surface area contributed by atoms with Crippen LogP contribution in [0.3, 0.4) is 0 Å². The number of aromatic nitrogens is 3. The summed E-state index contributed by atoms with van der Waals surface area (Å²) in [6.07, 6.45) is 1.44. The van der Waals surface area contributed by atoms with Crippen molar-refractivity contribution >= 4 is 22.8 Å². The number of hydrogen-bond acceptors (Lipinski definition) is 4. The smallest absolute Gasteiger partial charge is 0.302 e. The first-order chi connectivity index (χ1) is 13.1. The van der Waals surface area contributed by atoms with Gasteiger partial charge in [-0.3, -0.25) is 4.79 Å². The average Bonchev–Trinajstić information content (AvgIpc) is 3.00. The molecule has 7 nitrogen and oxygen atoms in total. The summed E-state index contributed by atoms with van der Waals surface area (Å²) in [6.45, 7) is 4.78. The highest BCUT2D eigenvalue weighted by Crippen LogP contribution is 2.28. The summed E-state index contributed by atoms with van der Waals surface area (Å²) in [7, 11) is 1.65. The first kappa shape index (κ1) is 10.2. The SMILES string of the molecule is [2H]c1nc(N(C)[C@H]2CN(C(=O)C[N+]#[C-])CC[C@H]2C([2H])([2H])[2H])c2c([2H])c[nH]c2n1. The predicted molar refractivity (Wildman–Crippen MR) is 87.9 cm³/mol. The van der Waals surface area contributed by atoms with Crippen molar-refractivity contribution in [3.63, 3.8) is 0 Å². The number of hydrogen-bond donors (Lipinski definition) is 1. The van der Waals surface area contributed by atoms with E-state index in [1.807, 2.05) is 0 Å². The van der Waals surface area contributed by atoms with Gasteiger partial charge in [-0.15, -0.1) is 0 Å². The van der Waals surface area contributed by atoms with E-state index in [2.05, 4.69) is 19.8 Å². The molecule has 2 aromatic heterocycles. The zero-order valence-electron chi connectivity index (χ0n) is 17.7. The number of likely N-dealkylation sites (tertiary alicyclic amines) is 1. The highest BCUT2D eigenvalue weighted by Gasteiger charge is 2.33. The van der Waals surface area contributed by atoms with Crippen molar-refractivity contribution in [1.82, 2.24) is 19.9 Å². The summed E-state index contributed by atoms with van der Waals surface area (Å²) in [6, 6.07) is -0.471. The van der Waals surface area contributed by atoms with Crippen LogP contribution in [-0.4, -0.2) is 58.5 Å². The molecule has 3 rings (SSSR count). The second-order valence-corrected chi connectivity index (χ2v) is 5.53. The van der Waals surface area contributed by atoms with Crippen LogP contribution in [0, 0.1) is 12.5 Å². The minimum atomic E-state index is -2.24. The molecule has 120 valence electrons. The fourth-order valence-electron chi connectivity index (χ4n) is 2.88. The third-order valence-corrected chi connectivity index (χ3v) is 4.18. The van der Waals surface area contributed by atoms with Gasteiger partial charge in [-0.25, -0.2) is 16.5 Å². The van der Waals surface area contributed by atoms with Crippen LogP contribution in [0.1, 0.15) is 20.1 Å². The van der Waals surface area contributed by atoms with E-state index < -0.39 is 18.8 Å². The molecule has 3 heterocycles. The molecule has 1 N–H and O–H groups in total. The first-order valence-corrected chi connectivity index (χ1v) is 7.29. The lowest BCUT2D eigenvalue weighted by Crippen LogP contribution is -2.53. The monoisotopic (exact) mass is 317 g/mol. The summed E-state index contributed by atoms with van der Waals surface area (Å²) >= 11 is 0. The lowest BCUT2D eigenvalue weighted by Gasteiger charge is -2.41. The van der Waals surface area contributed by atoms with E-state index in [9.17, 15) is 4.79 Å². The van der Waals surface area contributed by atoms with Crippen molar-refractivity contribution in [1.29, 1.82) is 0 Å². The number of anilines is 1. The van der Waals surface area contributed by atoms with E-state index in [-0.39, 0.29) is 50.1 Å². The van der Waals surface area contributed by atoms with E-state index in [1.54, 1.807) is 11.9 Å². The highest BCUT2D eigenvalue weighted by atomic mass is 16.2. The number of carbonyl (C=O) groups excluding carboxylic acids is 1. The molecule has 0 saturated carbocycles. The van der Waals surface area contributed by atoms with Crippen LogP contribution < -0.4 is 4.90 Å². The van der Waals surface area contributed by atoms with Gasteiger partial charge in [0.1, 0.15) is 19.1 Å². The van der Waals surface area contributed by atoms with Gasteiger partial charge in [0, 0.05) is 30.4 Å². The third-order valence-electron chi connectivity index (χ3n) is 4.18. The van der Waals surface area contributed by atoms with Crippen LogP contribution in [0.5, 0.6) is 0 Å². The van der Waals surface area contributed by atoms with Gasteiger partial charge in [0.2, 0.25) is 0 Å². The Morgan fingerprint density at radius 3 is 3.35 bits per heavy atom. The molecule has 1 amide bonds. The zero-order chi connectivity index (χ0) is 20.6. The molecule has 2 aromatic rings. The van der Waals surface area contributed by atoms with E-state index in [1.165, 1.54) is 11.1 Å². The molecule has 0 spiro atoms. The number of fused-ring (bicyclic) bond motifs is 1. The number of nitrogens with one attached hydrogen (secondary N) is 1. The normalized spacial score (nSPS) is 24.9. The topological polar surface area (TPSA) is 69.5 Å².